The molecule has 0 saturated carbocycles. The van der Waals surface area contributed by atoms with Gasteiger partial charge in [0, 0.05) is 13.6 Å². The lowest BCUT2D eigenvalue weighted by atomic mass is 9.86. The van der Waals surface area contributed by atoms with E-state index in [1.54, 1.807) is 0 Å². The monoisotopic (exact) mass is 592 g/mol. The molecular weight excluding hydrogens is 544 g/mol. The third-order valence-corrected chi connectivity index (χ3v) is 8.91. The highest BCUT2D eigenvalue weighted by molar-refractivity contribution is 6.76. The highest BCUT2D eigenvalue weighted by Gasteiger charge is 2.31. The van der Waals surface area contributed by atoms with Crippen LogP contribution in [0, 0.1) is 11.8 Å². The lowest BCUT2D eigenvalue weighted by Crippen LogP contribution is -2.32. The number of carbonyl (C=O) groups excluding carboxylic acids is 2. The standard InChI is InChI=1S/C33H48N4O4Si/c1-8-9-10-28(32(39)41-33(2,3)4)23-29(31(38)40-21-22-42(5,6)7)16-13-24-11-14-25(15-12-24)26-17-19-27(20-18-26)30-34-36-37-35-30/h11-12,14-15,17-20,28-29H,8-10,13,16,21-23H2,1-7H3,(H,34,35,36,37)/t28-,29+/m0/s1. The van der Waals surface area contributed by atoms with Crippen molar-refractivity contribution < 1.29 is 19.1 Å². The maximum atomic E-state index is 13.3. The SMILES string of the molecule is CCCC[C@@H](C[C@@H](CCc1ccc(-c2ccc(-c3nn[nH]n3)cc2)cc1)C(=O)OCC[Si](C)(C)C)C(=O)OC(C)(C)C. The van der Waals surface area contributed by atoms with Gasteiger partial charge in [0.25, 0.3) is 0 Å². The number of nitrogens with one attached hydrogen (secondary N) is 1. The minimum Gasteiger partial charge on any atom is -0.466 e. The molecule has 42 heavy (non-hydrogen) atoms. The van der Waals surface area contributed by atoms with Gasteiger partial charge in [0.05, 0.1) is 18.4 Å². The fourth-order valence-corrected chi connectivity index (χ4v) is 5.43. The van der Waals surface area contributed by atoms with Crippen LogP contribution in [0.15, 0.2) is 48.5 Å². The van der Waals surface area contributed by atoms with Gasteiger partial charge in [-0.3, -0.25) is 9.59 Å². The molecule has 0 bridgehead atoms. The minimum atomic E-state index is -1.34. The Hall–Kier alpha value is -3.33. The number of hydrogen-bond donors (Lipinski definition) is 1. The first kappa shape index (κ1) is 33.2. The molecule has 0 unspecified atom stereocenters. The van der Waals surface area contributed by atoms with E-state index in [4.69, 9.17) is 9.47 Å². The zero-order valence-electron chi connectivity index (χ0n) is 26.4. The molecule has 0 saturated heterocycles. The van der Waals surface area contributed by atoms with E-state index >= 15 is 0 Å². The Labute approximate surface area is 252 Å². The molecule has 8 nitrogen and oxygen atoms in total. The molecule has 228 valence electrons. The number of carbonyl (C=O) groups is 2. The van der Waals surface area contributed by atoms with Crippen molar-refractivity contribution in [2.24, 2.45) is 11.8 Å². The smallest absolute Gasteiger partial charge is 0.309 e. The summed E-state index contributed by atoms with van der Waals surface area (Å²) in [4.78, 5) is 26.5. The summed E-state index contributed by atoms with van der Waals surface area (Å²) in [5.74, 6) is -0.536. The molecule has 0 amide bonds. The van der Waals surface area contributed by atoms with Gasteiger partial charge in [0.15, 0.2) is 0 Å². The van der Waals surface area contributed by atoms with Crippen molar-refractivity contribution in [3.05, 3.63) is 54.1 Å². The molecule has 0 aliphatic carbocycles. The molecule has 2 aromatic carbocycles. The summed E-state index contributed by atoms with van der Waals surface area (Å²) < 4.78 is 11.5. The lowest BCUT2D eigenvalue weighted by Gasteiger charge is -2.26. The molecule has 0 aliphatic rings. The molecule has 1 N–H and O–H groups in total. The second-order valence-electron chi connectivity index (χ2n) is 13.3. The number of unbranched alkanes of at least 4 members (excludes halogenated alkanes) is 1. The third kappa shape index (κ3) is 11.2. The summed E-state index contributed by atoms with van der Waals surface area (Å²) in [6, 6.07) is 17.4. The van der Waals surface area contributed by atoms with E-state index in [1.807, 2.05) is 45.0 Å². The van der Waals surface area contributed by atoms with Crippen LogP contribution in [-0.2, 0) is 25.5 Å². The third-order valence-electron chi connectivity index (χ3n) is 7.20. The van der Waals surface area contributed by atoms with Crippen molar-refractivity contribution in [2.75, 3.05) is 6.61 Å². The predicted octanol–water partition coefficient (Wildman–Crippen LogP) is 7.50. The molecule has 0 aliphatic heterocycles. The van der Waals surface area contributed by atoms with Gasteiger partial charge in [0.1, 0.15) is 5.60 Å². The summed E-state index contributed by atoms with van der Waals surface area (Å²) in [5.41, 5.74) is 3.67. The Morgan fingerprint density at radius 1 is 0.881 bits per heavy atom. The molecule has 3 rings (SSSR count). The summed E-state index contributed by atoms with van der Waals surface area (Å²) in [5, 5.41) is 14.1. The zero-order chi connectivity index (χ0) is 30.8. The molecule has 0 radical (unpaired) electrons. The zero-order valence-corrected chi connectivity index (χ0v) is 27.4. The average molecular weight is 593 g/mol. The average Bonchev–Trinajstić information content (AvgIpc) is 3.46. The first-order valence-corrected chi connectivity index (χ1v) is 18.9. The van der Waals surface area contributed by atoms with E-state index in [9.17, 15) is 9.59 Å². The van der Waals surface area contributed by atoms with Crippen LogP contribution in [0.2, 0.25) is 25.7 Å². The van der Waals surface area contributed by atoms with E-state index in [2.05, 4.69) is 71.5 Å². The fraction of sp³-hybridized carbons (Fsp3) is 0.545. The molecule has 1 aromatic heterocycles. The number of aryl methyl sites for hydroxylation is 1. The van der Waals surface area contributed by atoms with Gasteiger partial charge in [0.2, 0.25) is 5.82 Å². The summed E-state index contributed by atoms with van der Waals surface area (Å²) in [6.45, 7) is 15.0. The molecule has 0 spiro atoms. The van der Waals surface area contributed by atoms with Crippen LogP contribution >= 0.6 is 0 Å². The summed E-state index contributed by atoms with van der Waals surface area (Å²) >= 11 is 0. The van der Waals surface area contributed by atoms with E-state index in [0.29, 0.717) is 31.7 Å². The van der Waals surface area contributed by atoms with Crippen molar-refractivity contribution in [3.8, 4) is 22.5 Å². The van der Waals surface area contributed by atoms with Crippen LogP contribution in [0.3, 0.4) is 0 Å². The van der Waals surface area contributed by atoms with Crippen LogP contribution in [-0.4, -0.2) is 52.8 Å². The van der Waals surface area contributed by atoms with E-state index in [1.165, 1.54) is 0 Å². The summed E-state index contributed by atoms with van der Waals surface area (Å²) in [7, 11) is -1.34. The quantitative estimate of drug-likeness (QED) is 0.144. The van der Waals surface area contributed by atoms with Gasteiger partial charge >= 0.3 is 11.9 Å². The largest absolute Gasteiger partial charge is 0.466 e. The molecule has 3 aromatic rings. The van der Waals surface area contributed by atoms with E-state index in [0.717, 1.165) is 47.6 Å². The topological polar surface area (TPSA) is 107 Å². The number of hydrogen-bond acceptors (Lipinski definition) is 7. The number of tetrazole rings is 1. The Bertz CT molecular complexity index is 1250. The highest BCUT2D eigenvalue weighted by atomic mass is 28.3. The number of aromatic amines is 1. The van der Waals surface area contributed by atoms with E-state index < -0.39 is 13.7 Å². The van der Waals surface area contributed by atoms with Crippen molar-refractivity contribution in [3.63, 3.8) is 0 Å². The van der Waals surface area contributed by atoms with Crippen LogP contribution in [0.5, 0.6) is 0 Å². The molecular formula is C33H48N4O4Si. The molecule has 2 atom stereocenters. The number of nitrogens with zero attached hydrogens (tertiary/aromatic N) is 3. The van der Waals surface area contributed by atoms with Gasteiger partial charge in [-0.2, -0.15) is 5.21 Å². The van der Waals surface area contributed by atoms with Crippen LogP contribution in [0.25, 0.3) is 22.5 Å². The maximum Gasteiger partial charge on any atom is 0.309 e. The molecule has 9 heteroatoms. The lowest BCUT2D eigenvalue weighted by molar-refractivity contribution is -0.162. The second-order valence-corrected chi connectivity index (χ2v) is 19.0. The summed E-state index contributed by atoms with van der Waals surface area (Å²) in [6.07, 6.45) is 4.40. The van der Waals surface area contributed by atoms with Crippen molar-refractivity contribution in [1.29, 1.82) is 0 Å². The Morgan fingerprint density at radius 3 is 2.02 bits per heavy atom. The number of H-pyrrole nitrogens is 1. The number of aromatic nitrogens is 4. The van der Waals surface area contributed by atoms with Crippen LogP contribution in [0.1, 0.15) is 65.4 Å². The van der Waals surface area contributed by atoms with Gasteiger partial charge in [-0.05, 0) is 74.4 Å². The van der Waals surface area contributed by atoms with Crippen molar-refractivity contribution in [1.82, 2.24) is 20.6 Å². The first-order valence-electron chi connectivity index (χ1n) is 15.2. The Morgan fingerprint density at radius 2 is 1.48 bits per heavy atom. The number of benzene rings is 2. The normalized spacial score (nSPS) is 13.4. The van der Waals surface area contributed by atoms with Crippen molar-refractivity contribution in [2.45, 2.75) is 97.5 Å². The minimum absolute atomic E-state index is 0.198. The second kappa shape index (κ2) is 15.2. The van der Waals surface area contributed by atoms with Crippen molar-refractivity contribution >= 4 is 20.0 Å². The maximum absolute atomic E-state index is 13.3. The van der Waals surface area contributed by atoms with Crippen LogP contribution in [0.4, 0.5) is 0 Å². The van der Waals surface area contributed by atoms with E-state index in [-0.39, 0.29) is 23.8 Å². The Balaban J connectivity index is 1.70. The Kier molecular flexibility index (Phi) is 12.0. The highest BCUT2D eigenvalue weighted by Crippen LogP contribution is 2.28. The van der Waals surface area contributed by atoms with Gasteiger partial charge in [-0.1, -0.05) is 87.9 Å². The molecule has 0 fully saturated rings. The molecule has 1 heterocycles. The predicted molar refractivity (Wildman–Crippen MR) is 169 cm³/mol. The number of rotatable bonds is 15. The number of esters is 2. The fourth-order valence-electron chi connectivity index (χ4n) is 4.72. The first-order chi connectivity index (χ1) is 19.8. The van der Waals surface area contributed by atoms with Gasteiger partial charge in [-0.25, -0.2) is 0 Å². The van der Waals surface area contributed by atoms with Gasteiger partial charge in [-0.15, -0.1) is 10.2 Å². The van der Waals surface area contributed by atoms with Gasteiger partial charge < -0.3 is 9.47 Å². The van der Waals surface area contributed by atoms with Crippen LogP contribution < -0.4 is 0 Å². The number of ether oxygens (including phenoxy) is 2.